The van der Waals surface area contributed by atoms with E-state index < -0.39 is 0 Å². The van der Waals surface area contributed by atoms with Crippen molar-refractivity contribution in [1.82, 2.24) is 5.32 Å². The predicted molar refractivity (Wildman–Crippen MR) is 102 cm³/mol. The van der Waals surface area contributed by atoms with Crippen molar-refractivity contribution in [2.75, 3.05) is 13.2 Å². The molecule has 0 spiro atoms. The first-order valence-electron chi connectivity index (χ1n) is 9.52. The Morgan fingerprint density at radius 2 is 1.85 bits per heavy atom. The van der Waals surface area contributed by atoms with Crippen molar-refractivity contribution in [3.05, 3.63) is 29.8 Å². The van der Waals surface area contributed by atoms with Crippen molar-refractivity contribution in [2.45, 2.75) is 45.4 Å². The number of hydrogen-bond donors (Lipinski definition) is 3. The molecule has 4 N–H and O–H groups in total. The number of benzene rings is 1. The maximum atomic E-state index is 12.4. The van der Waals surface area contributed by atoms with Crippen molar-refractivity contribution in [2.24, 2.45) is 17.6 Å². The molecule has 7 heteroatoms. The fourth-order valence-electron chi connectivity index (χ4n) is 3.26. The van der Waals surface area contributed by atoms with Crippen LogP contribution in [0.25, 0.3) is 0 Å². The van der Waals surface area contributed by atoms with Crippen molar-refractivity contribution in [1.29, 1.82) is 5.41 Å². The maximum Gasteiger partial charge on any atom is 0.314 e. The van der Waals surface area contributed by atoms with E-state index in [1.807, 2.05) is 12.1 Å². The van der Waals surface area contributed by atoms with Gasteiger partial charge in [-0.1, -0.05) is 12.1 Å². The largest absolute Gasteiger partial charge is 0.466 e. The van der Waals surface area contributed by atoms with Crippen LogP contribution in [0.3, 0.4) is 0 Å². The topological polar surface area (TPSA) is 114 Å². The lowest BCUT2D eigenvalue weighted by atomic mass is 9.82. The molecule has 0 aliphatic heterocycles. The molecule has 1 aliphatic rings. The first-order valence-corrected chi connectivity index (χ1v) is 9.52. The minimum Gasteiger partial charge on any atom is -0.466 e. The van der Waals surface area contributed by atoms with Gasteiger partial charge in [0.15, 0.2) is 5.96 Å². The van der Waals surface area contributed by atoms with Gasteiger partial charge in [0.05, 0.1) is 12.5 Å². The molecule has 7 nitrogen and oxygen atoms in total. The van der Waals surface area contributed by atoms with Crippen molar-refractivity contribution in [3.63, 3.8) is 0 Å². The van der Waals surface area contributed by atoms with Gasteiger partial charge in [-0.15, -0.1) is 0 Å². The third-order valence-electron chi connectivity index (χ3n) is 4.83. The van der Waals surface area contributed by atoms with E-state index in [1.165, 1.54) is 0 Å². The van der Waals surface area contributed by atoms with Crippen LogP contribution in [0.5, 0.6) is 5.75 Å². The van der Waals surface area contributed by atoms with Gasteiger partial charge >= 0.3 is 11.9 Å². The number of guanidine groups is 1. The SMILES string of the molecule is CCOC(=O)CCc1ccc(OC(=O)[C@H]2CC[C@H](CNC(=N)N)CC2)cc1. The summed E-state index contributed by atoms with van der Waals surface area (Å²) in [6, 6.07) is 7.26. The van der Waals surface area contributed by atoms with Gasteiger partial charge < -0.3 is 20.5 Å². The second-order valence-corrected chi connectivity index (χ2v) is 6.88. The smallest absolute Gasteiger partial charge is 0.314 e. The standard InChI is InChI=1S/C20H29N3O4/c1-2-26-18(24)12-7-14-5-10-17(11-6-14)27-19(25)16-8-3-15(4-9-16)13-23-20(21)22/h5-6,10-11,15-16H,2-4,7-9,12-13H2,1H3,(H4,21,22,23)/t15-,16-. The molecule has 0 aromatic heterocycles. The van der Waals surface area contributed by atoms with E-state index >= 15 is 0 Å². The molecule has 0 saturated heterocycles. The zero-order valence-electron chi connectivity index (χ0n) is 15.8. The molecule has 148 valence electrons. The highest BCUT2D eigenvalue weighted by Gasteiger charge is 2.27. The Morgan fingerprint density at radius 3 is 2.44 bits per heavy atom. The van der Waals surface area contributed by atoms with Crippen molar-refractivity contribution in [3.8, 4) is 5.75 Å². The number of esters is 2. The van der Waals surface area contributed by atoms with E-state index in [0.717, 1.165) is 31.2 Å². The summed E-state index contributed by atoms with van der Waals surface area (Å²) in [6.45, 7) is 2.86. The average molecular weight is 375 g/mol. The molecule has 1 aromatic rings. The Morgan fingerprint density at radius 1 is 1.19 bits per heavy atom. The molecule has 0 unspecified atom stereocenters. The van der Waals surface area contributed by atoms with E-state index in [9.17, 15) is 9.59 Å². The highest BCUT2D eigenvalue weighted by Crippen LogP contribution is 2.29. The molecule has 1 fully saturated rings. The Balaban J connectivity index is 1.74. The summed E-state index contributed by atoms with van der Waals surface area (Å²) in [5.74, 6) is 0.482. The fourth-order valence-corrected chi connectivity index (χ4v) is 3.26. The second kappa shape index (κ2) is 10.5. The van der Waals surface area contributed by atoms with Gasteiger partial charge in [-0.2, -0.15) is 0 Å². The van der Waals surface area contributed by atoms with E-state index in [-0.39, 0.29) is 23.8 Å². The number of nitrogens with one attached hydrogen (secondary N) is 2. The predicted octanol–water partition coefficient (Wildman–Crippen LogP) is 2.38. The van der Waals surface area contributed by atoms with E-state index in [1.54, 1.807) is 19.1 Å². The molecular formula is C20H29N3O4. The van der Waals surface area contributed by atoms with Gasteiger partial charge in [-0.25, -0.2) is 0 Å². The van der Waals surface area contributed by atoms with Gasteiger partial charge in [0.1, 0.15) is 5.75 Å². The number of carbonyl (C=O) groups is 2. The minimum absolute atomic E-state index is 0.0118. The Hall–Kier alpha value is -2.57. The number of nitrogens with two attached hydrogens (primary N) is 1. The molecule has 0 heterocycles. The van der Waals surface area contributed by atoms with Crippen molar-refractivity contribution < 1.29 is 19.1 Å². The molecule has 1 aliphatic carbocycles. The number of hydrogen-bond acceptors (Lipinski definition) is 5. The van der Waals surface area contributed by atoms with Crippen LogP contribution >= 0.6 is 0 Å². The van der Waals surface area contributed by atoms with Gasteiger partial charge in [-0.05, 0) is 62.6 Å². The summed E-state index contributed by atoms with van der Waals surface area (Å²) in [7, 11) is 0. The Labute approximate surface area is 160 Å². The van der Waals surface area contributed by atoms with Crippen LogP contribution < -0.4 is 15.8 Å². The van der Waals surface area contributed by atoms with E-state index in [0.29, 0.717) is 37.7 Å². The summed E-state index contributed by atoms with van der Waals surface area (Å²) in [4.78, 5) is 23.7. The highest BCUT2D eigenvalue weighted by atomic mass is 16.5. The molecule has 0 atom stereocenters. The molecule has 1 aromatic carbocycles. The summed E-state index contributed by atoms with van der Waals surface area (Å²) >= 11 is 0. The monoisotopic (exact) mass is 375 g/mol. The lowest BCUT2D eigenvalue weighted by Crippen LogP contribution is -2.36. The fraction of sp³-hybridized carbons (Fsp3) is 0.550. The van der Waals surface area contributed by atoms with Gasteiger partial charge in [0, 0.05) is 13.0 Å². The molecule has 0 amide bonds. The number of carbonyl (C=O) groups excluding carboxylic acids is 2. The molecule has 0 radical (unpaired) electrons. The minimum atomic E-state index is -0.206. The lowest BCUT2D eigenvalue weighted by molar-refractivity contribution is -0.143. The van der Waals surface area contributed by atoms with Gasteiger partial charge in [-0.3, -0.25) is 15.0 Å². The molecule has 0 bridgehead atoms. The maximum absolute atomic E-state index is 12.4. The number of rotatable bonds is 8. The first-order chi connectivity index (χ1) is 13.0. The van der Waals surface area contributed by atoms with Crippen LogP contribution in [-0.2, 0) is 20.7 Å². The van der Waals surface area contributed by atoms with E-state index in [4.69, 9.17) is 20.6 Å². The number of ether oxygens (including phenoxy) is 2. The quantitative estimate of drug-likeness (QED) is 0.278. The van der Waals surface area contributed by atoms with Crippen LogP contribution in [0, 0.1) is 17.2 Å². The molecule has 1 saturated carbocycles. The molecule has 2 rings (SSSR count). The zero-order valence-corrected chi connectivity index (χ0v) is 15.8. The third-order valence-corrected chi connectivity index (χ3v) is 4.83. The summed E-state index contributed by atoms with van der Waals surface area (Å²) in [5.41, 5.74) is 6.31. The van der Waals surface area contributed by atoms with Crippen LogP contribution in [0.2, 0.25) is 0 Å². The first kappa shape index (κ1) is 20.7. The van der Waals surface area contributed by atoms with Gasteiger partial charge in [0.25, 0.3) is 0 Å². The Kier molecular flexibility index (Phi) is 8.10. The Bertz CT molecular complexity index is 637. The molecular weight excluding hydrogens is 346 g/mol. The zero-order chi connectivity index (χ0) is 19.6. The third kappa shape index (κ3) is 7.29. The normalized spacial score (nSPS) is 19.1. The summed E-state index contributed by atoms with van der Waals surface area (Å²) in [6.07, 6.45) is 4.38. The summed E-state index contributed by atoms with van der Waals surface area (Å²) < 4.78 is 10.4. The lowest BCUT2D eigenvalue weighted by Gasteiger charge is -2.27. The number of aryl methyl sites for hydroxylation is 1. The average Bonchev–Trinajstić information content (AvgIpc) is 2.66. The van der Waals surface area contributed by atoms with Crippen LogP contribution in [0.1, 0.15) is 44.6 Å². The van der Waals surface area contributed by atoms with Crippen molar-refractivity contribution >= 4 is 17.9 Å². The van der Waals surface area contributed by atoms with Crippen LogP contribution in [0.15, 0.2) is 24.3 Å². The summed E-state index contributed by atoms with van der Waals surface area (Å²) in [5, 5.41) is 10.0. The second-order valence-electron chi connectivity index (χ2n) is 6.88. The van der Waals surface area contributed by atoms with Gasteiger partial charge in [0.2, 0.25) is 0 Å². The van der Waals surface area contributed by atoms with Crippen LogP contribution in [0.4, 0.5) is 0 Å². The molecule has 27 heavy (non-hydrogen) atoms. The van der Waals surface area contributed by atoms with E-state index in [2.05, 4.69) is 5.32 Å². The highest BCUT2D eigenvalue weighted by molar-refractivity contribution is 5.75. The van der Waals surface area contributed by atoms with Crippen LogP contribution in [-0.4, -0.2) is 31.0 Å².